The highest BCUT2D eigenvalue weighted by molar-refractivity contribution is 6.37. The highest BCUT2D eigenvalue weighted by Gasteiger charge is 2.63. The molecule has 1 spiro atoms. The van der Waals surface area contributed by atoms with Crippen molar-refractivity contribution in [3.8, 4) is 0 Å². The van der Waals surface area contributed by atoms with Gasteiger partial charge in [-0.1, -0.05) is 76.9 Å². The molecule has 1 unspecified atom stereocenters. The summed E-state index contributed by atoms with van der Waals surface area (Å²) < 4.78 is 5.72. The quantitative estimate of drug-likeness (QED) is 0.303. The Balaban J connectivity index is 1.46. The predicted molar refractivity (Wildman–Crippen MR) is 153 cm³/mol. The van der Waals surface area contributed by atoms with Crippen molar-refractivity contribution >= 4 is 64.2 Å². The van der Waals surface area contributed by atoms with E-state index in [9.17, 15) is 14.4 Å². The number of para-hydroxylation sites is 1. The summed E-state index contributed by atoms with van der Waals surface area (Å²) in [5.41, 5.74) is 2.13. The number of carbonyl (C=O) groups is 3. The number of anilines is 2. The van der Waals surface area contributed by atoms with E-state index in [-0.39, 0.29) is 34.8 Å². The summed E-state index contributed by atoms with van der Waals surface area (Å²) in [4.78, 5) is 43.8. The van der Waals surface area contributed by atoms with Gasteiger partial charge in [0.05, 0.1) is 0 Å². The fourth-order valence-electron chi connectivity index (χ4n) is 6.03. The molecule has 4 aromatic rings. The summed E-state index contributed by atoms with van der Waals surface area (Å²) in [6, 6.07) is 19.1. The van der Waals surface area contributed by atoms with Crippen molar-refractivity contribution in [2.75, 3.05) is 16.8 Å². The van der Waals surface area contributed by atoms with Crippen LogP contribution in [0.4, 0.5) is 11.4 Å². The third-order valence-corrected chi connectivity index (χ3v) is 8.38. The van der Waals surface area contributed by atoms with Crippen LogP contribution in [0.5, 0.6) is 0 Å². The van der Waals surface area contributed by atoms with E-state index in [2.05, 4.69) is 10.5 Å². The average Bonchev–Trinajstić information content (AvgIpc) is 3.59. The Morgan fingerprint density at radius 1 is 0.900 bits per heavy atom. The predicted octanol–water partition coefficient (Wildman–Crippen LogP) is 6.50. The van der Waals surface area contributed by atoms with Crippen molar-refractivity contribution in [1.29, 1.82) is 0 Å². The highest BCUT2D eigenvalue weighted by atomic mass is 35.5. The van der Waals surface area contributed by atoms with Crippen molar-refractivity contribution in [2.24, 2.45) is 0 Å². The zero-order chi connectivity index (χ0) is 27.8. The number of halogens is 2. The minimum Gasteiger partial charge on any atom is -0.354 e. The van der Waals surface area contributed by atoms with Gasteiger partial charge in [0.2, 0.25) is 0 Å². The lowest BCUT2D eigenvalue weighted by Crippen LogP contribution is -2.51. The minimum absolute atomic E-state index is 0.00569. The van der Waals surface area contributed by atoms with Gasteiger partial charge in [-0.3, -0.25) is 14.4 Å². The first-order valence-corrected chi connectivity index (χ1v) is 13.3. The van der Waals surface area contributed by atoms with E-state index < -0.39 is 11.4 Å². The number of hydrogen-bond donors (Lipinski definition) is 1. The summed E-state index contributed by atoms with van der Waals surface area (Å²) in [6.07, 6.45) is 3.38. The zero-order valence-electron chi connectivity index (χ0n) is 21.0. The van der Waals surface area contributed by atoms with Crippen LogP contribution in [-0.4, -0.2) is 29.2 Å². The van der Waals surface area contributed by atoms with Crippen LogP contribution in [-0.2, 0) is 10.3 Å². The number of aromatic nitrogens is 1. The molecule has 2 aliphatic heterocycles. The van der Waals surface area contributed by atoms with E-state index in [0.717, 1.165) is 0 Å². The van der Waals surface area contributed by atoms with Crippen LogP contribution in [0.3, 0.4) is 0 Å². The fraction of sp³-hybridized carbons (Fsp3) is 0.0968. The number of aryl methyl sites for hydroxylation is 1. The SMILES string of the molecule is Cc1noc(/C=C/c2c(Cl)cccc2Cl)c1N1CC2=C(C(=O)c3ccccc3C2=O)C12C(=O)Nc1ccccc12. The maximum atomic E-state index is 14.1. The van der Waals surface area contributed by atoms with Crippen LogP contribution < -0.4 is 10.2 Å². The Labute approximate surface area is 238 Å². The second-order valence-electron chi connectivity index (χ2n) is 9.80. The Bertz CT molecular complexity index is 1850. The minimum atomic E-state index is -1.60. The summed E-state index contributed by atoms with van der Waals surface area (Å²) in [5.74, 6) is -0.738. The van der Waals surface area contributed by atoms with Gasteiger partial charge >= 0.3 is 0 Å². The second-order valence-corrected chi connectivity index (χ2v) is 10.6. The number of benzene rings is 3. The number of amides is 1. The number of nitrogens with zero attached hydrogens (tertiary/aromatic N) is 2. The molecule has 1 amide bonds. The number of ketones is 2. The van der Waals surface area contributed by atoms with Gasteiger partial charge in [0.25, 0.3) is 5.91 Å². The van der Waals surface area contributed by atoms with Gasteiger partial charge in [-0.25, -0.2) is 0 Å². The van der Waals surface area contributed by atoms with Gasteiger partial charge in [-0.15, -0.1) is 0 Å². The van der Waals surface area contributed by atoms with Gasteiger partial charge in [-0.05, 0) is 37.3 Å². The molecule has 196 valence electrons. The number of rotatable bonds is 3. The van der Waals surface area contributed by atoms with E-state index >= 15 is 0 Å². The lowest BCUT2D eigenvalue weighted by atomic mass is 9.74. The van der Waals surface area contributed by atoms with Crippen LogP contribution >= 0.6 is 23.2 Å². The molecule has 9 heteroatoms. The Kier molecular flexibility index (Phi) is 5.39. The summed E-state index contributed by atoms with van der Waals surface area (Å²) in [5, 5.41) is 8.04. The lowest BCUT2D eigenvalue weighted by molar-refractivity contribution is -0.119. The van der Waals surface area contributed by atoms with Crippen molar-refractivity contribution in [1.82, 2.24) is 5.16 Å². The summed E-state index contributed by atoms with van der Waals surface area (Å²) in [6.45, 7) is 1.76. The van der Waals surface area contributed by atoms with E-state index in [1.807, 2.05) is 6.07 Å². The molecule has 3 heterocycles. The Morgan fingerprint density at radius 2 is 1.57 bits per heavy atom. The van der Waals surface area contributed by atoms with Crippen LogP contribution in [0.1, 0.15) is 43.3 Å². The Morgan fingerprint density at radius 3 is 2.33 bits per heavy atom. The Hall–Kier alpha value is -4.46. The maximum Gasteiger partial charge on any atom is 0.259 e. The van der Waals surface area contributed by atoms with Crippen LogP contribution in [0.15, 0.2) is 82.4 Å². The second kappa shape index (κ2) is 8.78. The summed E-state index contributed by atoms with van der Waals surface area (Å²) >= 11 is 12.7. The van der Waals surface area contributed by atoms with Crippen LogP contribution in [0.25, 0.3) is 12.2 Å². The van der Waals surface area contributed by atoms with Gasteiger partial charge in [0, 0.05) is 55.7 Å². The van der Waals surface area contributed by atoms with Crippen LogP contribution in [0.2, 0.25) is 10.0 Å². The van der Waals surface area contributed by atoms with Crippen molar-refractivity contribution < 1.29 is 18.9 Å². The number of Topliss-reactive ketones (excluding diaryl/α,β-unsaturated/α-hetero) is 2. The number of carbonyl (C=O) groups excluding carboxylic acids is 3. The molecule has 1 atom stereocenters. The van der Waals surface area contributed by atoms with Crippen molar-refractivity contribution in [3.63, 3.8) is 0 Å². The fourth-order valence-corrected chi connectivity index (χ4v) is 6.55. The largest absolute Gasteiger partial charge is 0.354 e. The van der Waals surface area contributed by atoms with Crippen molar-refractivity contribution in [2.45, 2.75) is 12.5 Å². The molecule has 0 bridgehead atoms. The molecule has 1 aromatic heterocycles. The molecule has 1 aliphatic carbocycles. The third kappa shape index (κ3) is 3.19. The molecule has 0 saturated carbocycles. The molecule has 40 heavy (non-hydrogen) atoms. The van der Waals surface area contributed by atoms with E-state index in [1.165, 1.54) is 0 Å². The zero-order valence-corrected chi connectivity index (χ0v) is 22.5. The molecule has 0 fully saturated rings. The number of hydrogen-bond acceptors (Lipinski definition) is 6. The van der Waals surface area contributed by atoms with E-state index in [4.69, 9.17) is 27.7 Å². The van der Waals surface area contributed by atoms with E-state index in [1.54, 1.807) is 84.6 Å². The van der Waals surface area contributed by atoms with Gasteiger partial charge in [-0.2, -0.15) is 0 Å². The number of nitrogens with one attached hydrogen (secondary N) is 1. The first-order chi connectivity index (χ1) is 19.3. The molecule has 3 aromatic carbocycles. The standard InChI is InChI=1S/C31H19Cl2N3O4/c1-16-27(25(40-35-16)14-13-19-22(32)10-6-11-23(19)33)36-15-20-26(29(38)18-8-3-2-7-17(18)28(20)37)31(36)21-9-4-5-12-24(21)34-30(31)39/h2-14H,15H2,1H3,(H,34,39)/b14-13+. The first kappa shape index (κ1) is 24.6. The lowest BCUT2D eigenvalue weighted by Gasteiger charge is -2.37. The molecule has 0 radical (unpaired) electrons. The molecule has 1 N–H and O–H groups in total. The smallest absolute Gasteiger partial charge is 0.259 e. The van der Waals surface area contributed by atoms with Gasteiger partial charge in [0.1, 0.15) is 11.4 Å². The molecule has 3 aliphatic rings. The number of fused-ring (bicyclic) bond motifs is 4. The molecular weight excluding hydrogens is 549 g/mol. The van der Waals surface area contributed by atoms with E-state index in [0.29, 0.717) is 49.6 Å². The molecule has 7 rings (SSSR count). The maximum absolute atomic E-state index is 14.1. The van der Waals surface area contributed by atoms with Gasteiger partial charge < -0.3 is 14.7 Å². The third-order valence-electron chi connectivity index (χ3n) is 7.72. The summed E-state index contributed by atoms with van der Waals surface area (Å²) in [7, 11) is 0. The average molecular weight is 568 g/mol. The topological polar surface area (TPSA) is 92.5 Å². The monoisotopic (exact) mass is 567 g/mol. The molecular formula is C31H19Cl2N3O4. The molecule has 0 saturated heterocycles. The van der Waals surface area contributed by atoms with Crippen LogP contribution in [0, 0.1) is 6.92 Å². The van der Waals surface area contributed by atoms with Gasteiger partial charge in [0.15, 0.2) is 22.9 Å². The first-order valence-electron chi connectivity index (χ1n) is 12.5. The molecule has 7 nitrogen and oxygen atoms in total. The highest BCUT2D eigenvalue weighted by Crippen LogP contribution is 2.55. The normalized spacial score (nSPS) is 19.5. The van der Waals surface area contributed by atoms with Crippen molar-refractivity contribution in [3.05, 3.63) is 122 Å².